The van der Waals surface area contributed by atoms with Crippen LogP contribution in [0.1, 0.15) is 57.6 Å². The molecule has 4 rings (SSSR count). The molecule has 6 atom stereocenters. The number of carbonyl (C=O) groups excluding carboxylic acids is 3. The van der Waals surface area contributed by atoms with Crippen LogP contribution in [0.5, 0.6) is 0 Å². The Balaban J connectivity index is 1.68. The van der Waals surface area contributed by atoms with E-state index in [9.17, 15) is 14.4 Å². The lowest BCUT2D eigenvalue weighted by atomic mass is 9.50. The van der Waals surface area contributed by atoms with Crippen LogP contribution < -0.4 is 0 Å². The summed E-state index contributed by atoms with van der Waals surface area (Å²) >= 11 is 6.69. The van der Waals surface area contributed by atoms with Gasteiger partial charge in [-0.1, -0.05) is 6.92 Å². The normalized spacial score (nSPS) is 37.6. The Labute approximate surface area is 179 Å². The number of cyclic esters (lactones) is 1. The van der Waals surface area contributed by atoms with E-state index in [4.69, 9.17) is 13.9 Å². The highest BCUT2D eigenvalue weighted by atomic mass is 79.9. The molecule has 2 saturated carbocycles. The number of ketones is 1. The molecule has 0 radical (unpaired) electrons. The minimum atomic E-state index is -0.708. The van der Waals surface area contributed by atoms with Crippen molar-refractivity contribution in [1.82, 2.24) is 0 Å². The number of hydrogen-bond donors (Lipinski definition) is 0. The van der Waals surface area contributed by atoms with E-state index in [0.29, 0.717) is 22.2 Å². The Hall–Kier alpha value is -1.15. The Bertz CT molecular complexity index is 833. The Kier molecular flexibility index (Phi) is 5.23. The van der Waals surface area contributed by atoms with E-state index in [0.717, 1.165) is 24.8 Å². The van der Waals surface area contributed by atoms with E-state index < -0.39 is 23.6 Å². The summed E-state index contributed by atoms with van der Waals surface area (Å²) in [6.45, 7) is 3.35. The average Bonchev–Trinajstić information content (AvgIpc) is 2.94. The maximum Gasteiger partial charge on any atom is 0.310 e. The summed E-state index contributed by atoms with van der Waals surface area (Å²) in [5, 5.41) is 0. The first-order valence-corrected chi connectivity index (χ1v) is 11.2. The molecule has 0 N–H and O–H groups in total. The molecule has 1 unspecified atom stereocenters. The van der Waals surface area contributed by atoms with Crippen molar-refractivity contribution in [3.63, 3.8) is 0 Å². The second-order valence-electron chi connectivity index (χ2n) is 8.36. The summed E-state index contributed by atoms with van der Waals surface area (Å²) in [6.07, 6.45) is 2.29. The van der Waals surface area contributed by atoms with Crippen LogP contribution in [0, 0.1) is 23.2 Å². The third-order valence-corrected chi connectivity index (χ3v) is 7.74. The van der Waals surface area contributed by atoms with E-state index in [1.165, 1.54) is 6.92 Å². The maximum atomic E-state index is 13.3. The zero-order valence-corrected chi connectivity index (χ0v) is 18.9. The van der Waals surface area contributed by atoms with Gasteiger partial charge in [-0.2, -0.15) is 0 Å². The standard InChI is InChI=1S/C20H22Br2O6/c1-9(23)26-13-6-4-10-3-5-12-19(25)27-14(11-7-15(21)28-18(11)22)8-20(12,2)16(10)17(13)24/h7,10,12-14,16H,3-6,8H2,1-2H3/t10?,12-,13-,14+,16+,20-/m0/s1. The van der Waals surface area contributed by atoms with Crippen LogP contribution in [-0.4, -0.2) is 23.8 Å². The lowest BCUT2D eigenvalue weighted by Crippen LogP contribution is -2.57. The number of ether oxygens (including phenoxy) is 2. The second-order valence-corrected chi connectivity index (χ2v) is 9.86. The Morgan fingerprint density at radius 3 is 2.57 bits per heavy atom. The molecular weight excluding hydrogens is 496 g/mol. The number of hydrogen-bond acceptors (Lipinski definition) is 6. The monoisotopic (exact) mass is 516 g/mol. The fraction of sp³-hybridized carbons (Fsp3) is 0.650. The molecule has 0 bridgehead atoms. The van der Waals surface area contributed by atoms with Crippen LogP contribution >= 0.6 is 31.9 Å². The van der Waals surface area contributed by atoms with E-state index in [2.05, 4.69) is 31.9 Å². The minimum absolute atomic E-state index is 0.0421. The van der Waals surface area contributed by atoms with Crippen molar-refractivity contribution in [1.29, 1.82) is 0 Å². The lowest BCUT2D eigenvalue weighted by molar-refractivity contribution is -0.192. The van der Waals surface area contributed by atoms with Gasteiger partial charge in [-0.05, 0) is 81.4 Å². The Morgan fingerprint density at radius 1 is 1.21 bits per heavy atom. The molecule has 8 heteroatoms. The summed E-state index contributed by atoms with van der Waals surface area (Å²) in [5.41, 5.74) is 0.212. The number of carbonyl (C=O) groups is 3. The second kappa shape index (κ2) is 7.27. The first-order valence-electron chi connectivity index (χ1n) is 9.57. The smallest absolute Gasteiger partial charge is 0.310 e. The molecule has 152 valence electrons. The van der Waals surface area contributed by atoms with Crippen molar-refractivity contribution < 1.29 is 28.3 Å². The van der Waals surface area contributed by atoms with Gasteiger partial charge in [0, 0.05) is 18.4 Å². The van der Waals surface area contributed by atoms with Crippen molar-refractivity contribution >= 4 is 49.6 Å². The zero-order chi connectivity index (χ0) is 20.2. The van der Waals surface area contributed by atoms with Crippen molar-refractivity contribution in [3.05, 3.63) is 21.0 Å². The number of halogens is 2. The molecular formula is C20H22Br2O6. The van der Waals surface area contributed by atoms with Gasteiger partial charge in [0.25, 0.3) is 0 Å². The summed E-state index contributed by atoms with van der Waals surface area (Å²) in [7, 11) is 0. The molecule has 0 spiro atoms. The van der Waals surface area contributed by atoms with Gasteiger partial charge in [-0.15, -0.1) is 0 Å². The van der Waals surface area contributed by atoms with E-state index in [-0.39, 0.29) is 29.5 Å². The molecule has 2 heterocycles. The maximum absolute atomic E-state index is 13.3. The van der Waals surface area contributed by atoms with Gasteiger partial charge < -0.3 is 13.9 Å². The summed E-state index contributed by atoms with van der Waals surface area (Å²) in [4.78, 5) is 37.7. The fourth-order valence-electron chi connectivity index (χ4n) is 5.59. The number of esters is 2. The predicted octanol–water partition coefficient (Wildman–Crippen LogP) is 4.74. The van der Waals surface area contributed by atoms with E-state index in [1.54, 1.807) is 6.07 Å². The largest absolute Gasteiger partial charge is 0.457 e. The highest BCUT2D eigenvalue weighted by molar-refractivity contribution is 9.11. The molecule has 1 aromatic heterocycles. The van der Waals surface area contributed by atoms with Crippen LogP contribution in [-0.2, 0) is 23.9 Å². The van der Waals surface area contributed by atoms with E-state index in [1.807, 2.05) is 6.92 Å². The molecule has 1 aromatic rings. The quantitative estimate of drug-likeness (QED) is 0.527. The molecule has 3 aliphatic rings. The van der Waals surface area contributed by atoms with Crippen LogP contribution in [0.4, 0.5) is 0 Å². The first kappa shape index (κ1) is 20.1. The molecule has 1 saturated heterocycles. The molecule has 1 aliphatic heterocycles. The van der Waals surface area contributed by atoms with Crippen molar-refractivity contribution in [2.45, 2.75) is 58.2 Å². The zero-order valence-electron chi connectivity index (χ0n) is 15.7. The van der Waals surface area contributed by atoms with Gasteiger partial charge >= 0.3 is 11.9 Å². The number of rotatable bonds is 2. The van der Waals surface area contributed by atoms with Gasteiger partial charge in [0.1, 0.15) is 6.10 Å². The van der Waals surface area contributed by atoms with Gasteiger partial charge in [0.2, 0.25) is 0 Å². The van der Waals surface area contributed by atoms with Gasteiger partial charge in [0.15, 0.2) is 21.2 Å². The van der Waals surface area contributed by atoms with Gasteiger partial charge in [-0.25, -0.2) is 0 Å². The Morgan fingerprint density at radius 2 is 1.93 bits per heavy atom. The van der Waals surface area contributed by atoms with Crippen molar-refractivity contribution in [2.24, 2.45) is 23.2 Å². The van der Waals surface area contributed by atoms with Gasteiger partial charge in [0.05, 0.1) is 5.92 Å². The van der Waals surface area contributed by atoms with Crippen molar-refractivity contribution in [2.75, 3.05) is 0 Å². The number of Topliss-reactive ketones (excluding diaryl/α,β-unsaturated/α-hetero) is 1. The van der Waals surface area contributed by atoms with E-state index >= 15 is 0 Å². The number of furan rings is 1. The average molecular weight is 518 g/mol. The van der Waals surface area contributed by atoms with Crippen LogP contribution in [0.15, 0.2) is 19.8 Å². The third kappa shape index (κ3) is 3.26. The topological polar surface area (TPSA) is 82.8 Å². The van der Waals surface area contributed by atoms with Crippen LogP contribution in [0.2, 0.25) is 0 Å². The first-order chi connectivity index (χ1) is 13.2. The minimum Gasteiger partial charge on any atom is -0.457 e. The highest BCUT2D eigenvalue weighted by Gasteiger charge is 2.60. The van der Waals surface area contributed by atoms with Crippen LogP contribution in [0.3, 0.4) is 0 Å². The van der Waals surface area contributed by atoms with Crippen molar-refractivity contribution in [3.8, 4) is 0 Å². The molecule has 3 fully saturated rings. The summed E-state index contributed by atoms with van der Waals surface area (Å²) in [5.74, 6) is -1.16. The number of fused-ring (bicyclic) bond motifs is 3. The lowest BCUT2D eigenvalue weighted by Gasteiger charge is -2.55. The SMILES string of the molecule is CC(=O)O[C@H]1CCC2CC[C@H]3C(=O)O[C@@H](c4cc(Br)oc4Br)C[C@]3(C)[C@H]2C1=O. The molecule has 6 nitrogen and oxygen atoms in total. The highest BCUT2D eigenvalue weighted by Crippen LogP contribution is 2.59. The molecule has 28 heavy (non-hydrogen) atoms. The molecule has 0 aromatic carbocycles. The third-order valence-electron chi connectivity index (χ3n) is 6.73. The predicted molar refractivity (Wildman–Crippen MR) is 105 cm³/mol. The van der Waals surface area contributed by atoms with Gasteiger partial charge in [-0.3, -0.25) is 14.4 Å². The molecule has 0 amide bonds. The summed E-state index contributed by atoms with van der Waals surface area (Å²) in [6, 6.07) is 1.79. The fourth-order valence-corrected chi connectivity index (χ4v) is 6.76. The summed E-state index contributed by atoms with van der Waals surface area (Å²) < 4.78 is 17.6. The molecule has 2 aliphatic carbocycles. The van der Waals surface area contributed by atoms with Crippen LogP contribution in [0.25, 0.3) is 0 Å².